The van der Waals surface area contributed by atoms with Crippen LogP contribution in [-0.4, -0.2) is 16.9 Å². The monoisotopic (exact) mass is 340 g/mol. The number of hydrogen-bond donors (Lipinski definition) is 0. The Morgan fingerprint density at radius 1 is 1.25 bits per heavy atom. The molecular weight excluding hydrogens is 327 g/mol. The van der Waals surface area contributed by atoms with Gasteiger partial charge in [-0.25, -0.2) is 9.37 Å². The Hall–Kier alpha value is -2.46. The first-order valence-corrected chi connectivity index (χ1v) is 8.09. The number of para-hydroxylation sites is 1. The van der Waals surface area contributed by atoms with Crippen LogP contribution in [0, 0.1) is 5.82 Å². The van der Waals surface area contributed by atoms with Gasteiger partial charge in [0.2, 0.25) is 0 Å². The number of pyridine rings is 1. The van der Waals surface area contributed by atoms with E-state index in [0.29, 0.717) is 16.5 Å². The van der Waals surface area contributed by atoms with E-state index in [1.807, 2.05) is 31.2 Å². The Morgan fingerprint density at radius 2 is 2.04 bits per heavy atom. The molecule has 24 heavy (non-hydrogen) atoms. The third kappa shape index (κ3) is 2.34. The van der Waals surface area contributed by atoms with E-state index >= 15 is 0 Å². The van der Waals surface area contributed by atoms with Gasteiger partial charge in [0.25, 0.3) is 5.91 Å². The molecule has 0 fully saturated rings. The highest BCUT2D eigenvalue weighted by atomic mass is 35.5. The number of carbonyl (C=O) groups excluding carboxylic acids is 1. The molecule has 0 saturated heterocycles. The van der Waals surface area contributed by atoms with Crippen LogP contribution in [0.1, 0.15) is 22.8 Å². The Bertz CT molecular complexity index is 973. The van der Waals surface area contributed by atoms with Crippen molar-refractivity contribution in [1.29, 1.82) is 0 Å². The number of rotatable bonds is 1. The van der Waals surface area contributed by atoms with E-state index in [2.05, 4.69) is 4.98 Å². The molecule has 0 radical (unpaired) electrons. The minimum atomic E-state index is -0.382. The average Bonchev–Trinajstić information content (AvgIpc) is 2.89. The zero-order valence-electron chi connectivity index (χ0n) is 13.0. The van der Waals surface area contributed by atoms with Gasteiger partial charge in [-0.3, -0.25) is 4.79 Å². The summed E-state index contributed by atoms with van der Waals surface area (Å²) in [5.41, 5.74) is 2.82. The number of carbonyl (C=O) groups is 1. The number of halogens is 2. The maximum atomic E-state index is 13.3. The first kappa shape index (κ1) is 15.1. The summed E-state index contributed by atoms with van der Waals surface area (Å²) >= 11 is 6.22. The lowest BCUT2D eigenvalue weighted by Gasteiger charge is -2.23. The topological polar surface area (TPSA) is 33.2 Å². The van der Waals surface area contributed by atoms with Crippen molar-refractivity contribution in [1.82, 2.24) is 4.98 Å². The number of nitrogens with zero attached hydrogens (tertiary/aromatic N) is 2. The van der Waals surface area contributed by atoms with Crippen LogP contribution in [-0.2, 0) is 6.42 Å². The number of fused-ring (bicyclic) bond motifs is 2. The zero-order valence-corrected chi connectivity index (χ0v) is 13.7. The third-order valence-electron chi connectivity index (χ3n) is 4.39. The molecule has 1 amide bonds. The lowest BCUT2D eigenvalue weighted by atomic mass is 10.1. The van der Waals surface area contributed by atoms with Gasteiger partial charge in [-0.05, 0) is 43.2 Å². The van der Waals surface area contributed by atoms with Crippen molar-refractivity contribution in [2.75, 3.05) is 4.90 Å². The van der Waals surface area contributed by atoms with E-state index in [1.165, 1.54) is 12.1 Å². The second kappa shape index (κ2) is 5.56. The van der Waals surface area contributed by atoms with Gasteiger partial charge in [0.15, 0.2) is 0 Å². The molecular formula is C19H14ClFN2O. The number of aromatic nitrogens is 1. The van der Waals surface area contributed by atoms with Crippen LogP contribution in [0.15, 0.2) is 48.5 Å². The molecule has 1 aromatic heterocycles. The number of hydrogen-bond acceptors (Lipinski definition) is 2. The fraction of sp³-hybridized carbons (Fsp3) is 0.158. The second-order valence-electron chi connectivity index (χ2n) is 6.02. The van der Waals surface area contributed by atoms with Gasteiger partial charge in [-0.1, -0.05) is 29.8 Å². The van der Waals surface area contributed by atoms with Gasteiger partial charge >= 0.3 is 0 Å². The van der Waals surface area contributed by atoms with Crippen molar-refractivity contribution in [3.05, 3.63) is 70.6 Å². The van der Waals surface area contributed by atoms with Crippen molar-refractivity contribution >= 4 is 34.1 Å². The first-order chi connectivity index (χ1) is 11.5. The standard InChI is InChI=1S/C19H14ClFN2O/c1-11-8-13-4-2-3-5-17(13)23(11)19(24)15-9-12-6-7-14(21)10-16(12)22-18(15)20/h2-7,9-11H,8H2,1H3. The number of anilines is 1. The summed E-state index contributed by atoms with van der Waals surface area (Å²) in [4.78, 5) is 19.0. The predicted molar refractivity (Wildman–Crippen MR) is 93.1 cm³/mol. The molecule has 1 unspecified atom stereocenters. The maximum absolute atomic E-state index is 13.3. The molecule has 0 aliphatic carbocycles. The largest absolute Gasteiger partial charge is 0.305 e. The average molecular weight is 341 g/mol. The molecule has 0 bridgehead atoms. The van der Waals surface area contributed by atoms with Crippen LogP contribution >= 0.6 is 11.6 Å². The van der Waals surface area contributed by atoms with E-state index in [9.17, 15) is 9.18 Å². The number of amides is 1. The van der Waals surface area contributed by atoms with Crippen molar-refractivity contribution in [3.63, 3.8) is 0 Å². The lowest BCUT2D eigenvalue weighted by Crippen LogP contribution is -2.36. The molecule has 1 atom stereocenters. The molecule has 1 aliphatic heterocycles. The second-order valence-corrected chi connectivity index (χ2v) is 6.38. The molecule has 2 heterocycles. The summed E-state index contributed by atoms with van der Waals surface area (Å²) in [6.07, 6.45) is 0.811. The molecule has 0 N–H and O–H groups in total. The quantitative estimate of drug-likeness (QED) is 0.606. The highest BCUT2D eigenvalue weighted by Gasteiger charge is 2.32. The Kier molecular flexibility index (Phi) is 3.50. The Balaban J connectivity index is 1.81. The summed E-state index contributed by atoms with van der Waals surface area (Å²) in [7, 11) is 0. The van der Waals surface area contributed by atoms with Gasteiger partial charge in [0.1, 0.15) is 11.0 Å². The molecule has 120 valence electrons. The molecule has 5 heteroatoms. The first-order valence-electron chi connectivity index (χ1n) is 7.72. The Labute approximate surface area is 143 Å². The molecule has 2 aromatic carbocycles. The van der Waals surface area contributed by atoms with E-state index in [4.69, 9.17) is 11.6 Å². The van der Waals surface area contributed by atoms with Crippen molar-refractivity contribution < 1.29 is 9.18 Å². The van der Waals surface area contributed by atoms with Crippen molar-refractivity contribution in [3.8, 4) is 0 Å². The fourth-order valence-electron chi connectivity index (χ4n) is 3.27. The predicted octanol–water partition coefficient (Wildman–Crippen LogP) is 4.62. The van der Waals surface area contributed by atoms with Crippen LogP contribution in [0.25, 0.3) is 10.9 Å². The van der Waals surface area contributed by atoms with Crippen LogP contribution < -0.4 is 4.90 Å². The molecule has 0 saturated carbocycles. The van der Waals surface area contributed by atoms with Crippen LogP contribution in [0.3, 0.4) is 0 Å². The summed E-state index contributed by atoms with van der Waals surface area (Å²) < 4.78 is 13.3. The van der Waals surface area contributed by atoms with Gasteiger partial charge < -0.3 is 4.90 Å². The van der Waals surface area contributed by atoms with E-state index in [1.54, 1.807) is 17.0 Å². The molecule has 0 spiro atoms. The summed E-state index contributed by atoms with van der Waals surface area (Å²) in [6, 6.07) is 13.8. The number of benzene rings is 2. The van der Waals surface area contributed by atoms with Gasteiger partial charge in [-0.2, -0.15) is 0 Å². The Morgan fingerprint density at radius 3 is 2.88 bits per heavy atom. The zero-order chi connectivity index (χ0) is 16.8. The van der Waals surface area contributed by atoms with Crippen molar-refractivity contribution in [2.45, 2.75) is 19.4 Å². The van der Waals surface area contributed by atoms with E-state index < -0.39 is 0 Å². The summed E-state index contributed by atoms with van der Waals surface area (Å²) in [5, 5.41) is 0.777. The molecule has 4 rings (SSSR count). The molecule has 3 nitrogen and oxygen atoms in total. The van der Waals surface area contributed by atoms with Gasteiger partial charge in [-0.15, -0.1) is 0 Å². The summed E-state index contributed by atoms with van der Waals surface area (Å²) in [6.45, 7) is 2.01. The van der Waals surface area contributed by atoms with Crippen LogP contribution in [0.4, 0.5) is 10.1 Å². The van der Waals surface area contributed by atoms with Gasteiger partial charge in [0, 0.05) is 23.2 Å². The fourth-order valence-corrected chi connectivity index (χ4v) is 3.50. The van der Waals surface area contributed by atoms with Gasteiger partial charge in [0.05, 0.1) is 11.1 Å². The van der Waals surface area contributed by atoms with Crippen LogP contribution in [0.5, 0.6) is 0 Å². The van der Waals surface area contributed by atoms with Crippen LogP contribution in [0.2, 0.25) is 5.15 Å². The maximum Gasteiger partial charge on any atom is 0.261 e. The lowest BCUT2D eigenvalue weighted by molar-refractivity contribution is 0.0981. The highest BCUT2D eigenvalue weighted by molar-refractivity contribution is 6.34. The SMILES string of the molecule is CC1Cc2ccccc2N1C(=O)c1cc2ccc(F)cc2nc1Cl. The highest BCUT2D eigenvalue weighted by Crippen LogP contribution is 2.34. The van der Waals surface area contributed by atoms with Crippen molar-refractivity contribution in [2.24, 2.45) is 0 Å². The minimum absolute atomic E-state index is 0.0508. The smallest absolute Gasteiger partial charge is 0.261 e. The third-order valence-corrected chi connectivity index (χ3v) is 4.68. The normalized spacial score (nSPS) is 16.5. The molecule has 1 aliphatic rings. The minimum Gasteiger partial charge on any atom is -0.305 e. The summed E-state index contributed by atoms with van der Waals surface area (Å²) in [5.74, 6) is -0.566. The molecule has 3 aromatic rings. The van der Waals surface area contributed by atoms with E-state index in [-0.39, 0.29) is 22.9 Å². The van der Waals surface area contributed by atoms with E-state index in [0.717, 1.165) is 17.7 Å².